The molecule has 28 heavy (non-hydrogen) atoms. The first-order chi connectivity index (χ1) is 13.4. The van der Waals surface area contributed by atoms with Crippen molar-refractivity contribution in [1.29, 1.82) is 0 Å². The number of pyridine rings is 1. The quantitative estimate of drug-likeness (QED) is 0.643. The van der Waals surface area contributed by atoms with Crippen LogP contribution in [0.4, 0.5) is 5.82 Å². The Morgan fingerprint density at radius 3 is 2.11 bits per heavy atom. The van der Waals surface area contributed by atoms with E-state index in [1.54, 1.807) is 23.2 Å². The van der Waals surface area contributed by atoms with E-state index >= 15 is 0 Å². The number of carbonyl (C=O) groups excluding carboxylic acids is 1. The van der Waals surface area contributed by atoms with Gasteiger partial charge in [0.2, 0.25) is 10.0 Å². The van der Waals surface area contributed by atoms with Crippen LogP contribution in [0.1, 0.15) is 15.9 Å². The van der Waals surface area contributed by atoms with Gasteiger partial charge < -0.3 is 0 Å². The van der Waals surface area contributed by atoms with E-state index < -0.39 is 10.0 Å². The standard InChI is InChI=1S/C21H21N3O3S/c1-23(2)28(26,27)19-13-11-18(12-14-19)21(25)24(20-10-6-7-15-22-20)16-17-8-4-3-5-9-17/h3-15H,16H2,1-2H3. The fraction of sp³-hybridized carbons (Fsp3) is 0.143. The highest BCUT2D eigenvalue weighted by Crippen LogP contribution is 2.20. The molecular weight excluding hydrogens is 374 g/mol. The third kappa shape index (κ3) is 4.27. The van der Waals surface area contributed by atoms with Crippen molar-refractivity contribution in [2.24, 2.45) is 0 Å². The molecule has 0 radical (unpaired) electrons. The minimum Gasteiger partial charge on any atom is -0.288 e. The monoisotopic (exact) mass is 395 g/mol. The Kier molecular flexibility index (Phi) is 5.87. The number of nitrogens with zero attached hydrogens (tertiary/aromatic N) is 3. The first kappa shape index (κ1) is 19.7. The minimum atomic E-state index is -3.54. The number of aromatic nitrogens is 1. The van der Waals surface area contributed by atoms with E-state index in [0.29, 0.717) is 17.9 Å². The van der Waals surface area contributed by atoms with Gasteiger partial charge in [-0.25, -0.2) is 17.7 Å². The van der Waals surface area contributed by atoms with Gasteiger partial charge in [-0.1, -0.05) is 36.4 Å². The lowest BCUT2D eigenvalue weighted by atomic mass is 10.1. The van der Waals surface area contributed by atoms with E-state index in [1.165, 1.54) is 38.4 Å². The summed E-state index contributed by atoms with van der Waals surface area (Å²) in [6, 6.07) is 20.9. The van der Waals surface area contributed by atoms with E-state index in [4.69, 9.17) is 0 Å². The van der Waals surface area contributed by atoms with Crippen molar-refractivity contribution >= 4 is 21.7 Å². The first-order valence-electron chi connectivity index (χ1n) is 8.69. The number of anilines is 1. The number of benzene rings is 2. The molecule has 1 aromatic heterocycles. The minimum absolute atomic E-state index is 0.140. The molecule has 0 saturated heterocycles. The Bertz CT molecular complexity index is 1040. The lowest BCUT2D eigenvalue weighted by Crippen LogP contribution is -2.31. The normalized spacial score (nSPS) is 11.4. The molecule has 0 unspecified atom stereocenters. The molecule has 0 bridgehead atoms. The van der Waals surface area contributed by atoms with Crippen LogP contribution in [-0.4, -0.2) is 37.7 Å². The SMILES string of the molecule is CN(C)S(=O)(=O)c1ccc(C(=O)N(Cc2ccccc2)c2ccccn2)cc1. The maximum Gasteiger partial charge on any atom is 0.259 e. The van der Waals surface area contributed by atoms with Crippen LogP contribution in [0, 0.1) is 0 Å². The van der Waals surface area contributed by atoms with Crippen LogP contribution in [0.3, 0.4) is 0 Å². The summed E-state index contributed by atoms with van der Waals surface area (Å²) < 4.78 is 25.6. The molecule has 3 rings (SSSR count). The topological polar surface area (TPSA) is 70.6 Å². The Morgan fingerprint density at radius 2 is 1.54 bits per heavy atom. The first-order valence-corrected chi connectivity index (χ1v) is 10.1. The summed E-state index contributed by atoms with van der Waals surface area (Å²) in [5, 5.41) is 0. The van der Waals surface area contributed by atoms with Crippen molar-refractivity contribution in [1.82, 2.24) is 9.29 Å². The highest BCUT2D eigenvalue weighted by molar-refractivity contribution is 7.89. The van der Waals surface area contributed by atoms with E-state index in [9.17, 15) is 13.2 Å². The van der Waals surface area contributed by atoms with E-state index in [-0.39, 0.29) is 10.8 Å². The molecular formula is C21H21N3O3S. The average molecular weight is 395 g/mol. The predicted octanol–water partition coefficient (Wildman–Crippen LogP) is 3.18. The van der Waals surface area contributed by atoms with Crippen molar-refractivity contribution in [2.45, 2.75) is 11.4 Å². The summed E-state index contributed by atoms with van der Waals surface area (Å²) in [6.45, 7) is 0.356. The molecule has 144 valence electrons. The molecule has 2 aromatic carbocycles. The van der Waals surface area contributed by atoms with Gasteiger partial charge in [-0.3, -0.25) is 9.69 Å². The van der Waals surface area contributed by atoms with Crippen molar-refractivity contribution in [2.75, 3.05) is 19.0 Å². The Morgan fingerprint density at radius 1 is 0.893 bits per heavy atom. The van der Waals surface area contributed by atoms with Crippen LogP contribution < -0.4 is 4.90 Å². The fourth-order valence-electron chi connectivity index (χ4n) is 2.67. The Labute approximate surface area is 165 Å². The third-order valence-electron chi connectivity index (χ3n) is 4.23. The van der Waals surface area contributed by atoms with E-state index in [1.807, 2.05) is 36.4 Å². The molecule has 3 aromatic rings. The van der Waals surface area contributed by atoms with Crippen LogP contribution in [0.15, 0.2) is 83.9 Å². The number of carbonyl (C=O) groups is 1. The zero-order chi connectivity index (χ0) is 20.1. The van der Waals surface area contributed by atoms with Crippen LogP contribution in [-0.2, 0) is 16.6 Å². The van der Waals surface area contributed by atoms with Crippen molar-refractivity contribution in [3.63, 3.8) is 0 Å². The van der Waals surface area contributed by atoms with E-state index in [0.717, 1.165) is 9.87 Å². The molecule has 1 heterocycles. The highest BCUT2D eigenvalue weighted by Gasteiger charge is 2.21. The summed E-state index contributed by atoms with van der Waals surface area (Å²) in [4.78, 5) is 19.2. The molecule has 0 spiro atoms. The van der Waals surface area contributed by atoms with E-state index in [2.05, 4.69) is 4.98 Å². The van der Waals surface area contributed by atoms with Crippen LogP contribution in [0.2, 0.25) is 0 Å². The molecule has 0 N–H and O–H groups in total. The number of rotatable bonds is 6. The summed E-state index contributed by atoms with van der Waals surface area (Å²) in [7, 11) is -0.606. The third-order valence-corrected chi connectivity index (χ3v) is 6.06. The van der Waals surface area contributed by atoms with Gasteiger partial charge in [-0.15, -0.1) is 0 Å². The van der Waals surface area contributed by atoms with Crippen molar-refractivity contribution in [3.8, 4) is 0 Å². The van der Waals surface area contributed by atoms with Crippen LogP contribution in [0.5, 0.6) is 0 Å². The van der Waals surface area contributed by atoms with Crippen LogP contribution in [0.25, 0.3) is 0 Å². The highest BCUT2D eigenvalue weighted by atomic mass is 32.2. The largest absolute Gasteiger partial charge is 0.288 e. The number of hydrogen-bond donors (Lipinski definition) is 0. The molecule has 0 aliphatic rings. The van der Waals surface area contributed by atoms with Gasteiger partial charge in [-0.05, 0) is 42.0 Å². The van der Waals surface area contributed by atoms with Gasteiger partial charge in [0, 0.05) is 25.9 Å². The molecule has 0 saturated carbocycles. The molecule has 0 atom stereocenters. The van der Waals surface area contributed by atoms with Gasteiger partial charge in [-0.2, -0.15) is 0 Å². The Hall–Kier alpha value is -3.03. The lowest BCUT2D eigenvalue weighted by molar-refractivity contribution is 0.0984. The second-order valence-corrected chi connectivity index (χ2v) is 8.53. The molecule has 6 nitrogen and oxygen atoms in total. The van der Waals surface area contributed by atoms with Gasteiger partial charge in [0.05, 0.1) is 11.4 Å². The number of sulfonamides is 1. The molecule has 1 amide bonds. The number of amides is 1. The van der Waals surface area contributed by atoms with Gasteiger partial charge >= 0.3 is 0 Å². The van der Waals surface area contributed by atoms with Crippen molar-refractivity contribution in [3.05, 3.63) is 90.1 Å². The summed E-state index contributed by atoms with van der Waals surface area (Å²) in [5.74, 6) is 0.276. The fourth-order valence-corrected chi connectivity index (χ4v) is 3.57. The van der Waals surface area contributed by atoms with Crippen LogP contribution >= 0.6 is 0 Å². The zero-order valence-corrected chi connectivity index (χ0v) is 16.5. The number of hydrogen-bond acceptors (Lipinski definition) is 4. The maximum absolute atomic E-state index is 13.2. The molecule has 0 aliphatic heterocycles. The molecule has 7 heteroatoms. The lowest BCUT2D eigenvalue weighted by Gasteiger charge is -2.22. The van der Waals surface area contributed by atoms with Crippen molar-refractivity contribution < 1.29 is 13.2 Å². The second-order valence-electron chi connectivity index (χ2n) is 6.38. The summed E-state index contributed by atoms with van der Waals surface area (Å²) in [6.07, 6.45) is 1.63. The smallest absolute Gasteiger partial charge is 0.259 e. The second kappa shape index (κ2) is 8.33. The Balaban J connectivity index is 1.93. The maximum atomic E-state index is 13.2. The molecule has 0 fully saturated rings. The van der Waals surface area contributed by atoms with Gasteiger partial charge in [0.1, 0.15) is 5.82 Å². The average Bonchev–Trinajstić information content (AvgIpc) is 2.73. The summed E-state index contributed by atoms with van der Waals surface area (Å²) >= 11 is 0. The molecule has 0 aliphatic carbocycles. The zero-order valence-electron chi connectivity index (χ0n) is 15.7. The predicted molar refractivity (Wildman–Crippen MR) is 109 cm³/mol. The van der Waals surface area contributed by atoms with Gasteiger partial charge in [0.25, 0.3) is 5.91 Å². The van der Waals surface area contributed by atoms with Gasteiger partial charge in [0.15, 0.2) is 0 Å². The summed E-state index contributed by atoms with van der Waals surface area (Å²) in [5.41, 5.74) is 1.35.